The van der Waals surface area contributed by atoms with Gasteiger partial charge >= 0.3 is 13.7 Å². The van der Waals surface area contributed by atoms with E-state index in [4.69, 9.17) is 9.31 Å². The number of hydrogen-bond acceptors (Lipinski definition) is 3. The summed E-state index contributed by atoms with van der Waals surface area (Å²) in [5.41, 5.74) is -0.623. The lowest BCUT2D eigenvalue weighted by Crippen LogP contribution is -2.41. The van der Waals surface area contributed by atoms with E-state index < -0.39 is 24.9 Å². The topological polar surface area (TPSA) is 36.3 Å². The first kappa shape index (κ1) is 15.0. The van der Waals surface area contributed by atoms with Gasteiger partial charge in [-0.15, -0.1) is 0 Å². The van der Waals surface area contributed by atoms with Crippen LogP contribution in [0.25, 0.3) is 0 Å². The van der Waals surface area contributed by atoms with E-state index in [0.717, 1.165) is 0 Å². The van der Waals surface area contributed by atoms with Crippen molar-refractivity contribution >= 4 is 12.7 Å². The lowest BCUT2D eigenvalue weighted by atomic mass is 9.85. The Kier molecular flexibility index (Phi) is 3.83. The molecule has 2 heterocycles. The lowest BCUT2D eigenvalue weighted by molar-refractivity contribution is 0.00578. The Morgan fingerprint density at radius 2 is 1.72 bits per heavy atom. The van der Waals surface area contributed by atoms with Crippen LogP contribution in [0.4, 0.5) is 13.5 Å². The van der Waals surface area contributed by atoms with Gasteiger partial charge in [-0.25, -0.2) is 4.68 Å². The molecule has 1 saturated heterocycles. The molecule has 0 radical (unpaired) electrons. The highest BCUT2D eigenvalue weighted by molar-refractivity contribution is 6.61. The number of halogens is 3. The summed E-state index contributed by atoms with van der Waals surface area (Å²) in [4.78, 5) is 0. The van der Waals surface area contributed by atoms with Crippen LogP contribution in [-0.4, -0.2) is 28.1 Å². The first-order valence-corrected chi connectivity index (χ1v) is 5.42. The van der Waals surface area contributed by atoms with Crippen LogP contribution in [0.5, 0.6) is 0 Å². The molecule has 0 saturated carbocycles. The van der Waals surface area contributed by atoms with Crippen LogP contribution in [0, 0.1) is 0 Å². The molecule has 0 spiro atoms. The Bertz CT molecular complexity index is 407. The fourth-order valence-corrected chi connectivity index (χ4v) is 1.55. The van der Waals surface area contributed by atoms with Crippen molar-refractivity contribution in [1.29, 1.82) is 0 Å². The first-order valence-electron chi connectivity index (χ1n) is 5.42. The average molecular weight is 264 g/mol. The number of nitrogens with zero attached hydrogens (tertiary/aromatic N) is 2. The Morgan fingerprint density at radius 3 is 2.11 bits per heavy atom. The van der Waals surface area contributed by atoms with Crippen LogP contribution in [-0.2, 0) is 9.31 Å². The standard InChI is InChI=1S/C10H15BF2N2O2.FH/c1-9(2)10(3,4)17-11(16-9)7-5-6-15(14-7)8(12)13;/h5-6,8H,1-4H3;1H. The van der Waals surface area contributed by atoms with Gasteiger partial charge in [0.15, 0.2) is 0 Å². The molecule has 0 N–H and O–H groups in total. The Morgan fingerprint density at radius 1 is 1.22 bits per heavy atom. The number of alkyl halides is 2. The van der Waals surface area contributed by atoms with Crippen molar-refractivity contribution in [2.75, 3.05) is 0 Å². The molecule has 1 aliphatic heterocycles. The van der Waals surface area contributed by atoms with Crippen LogP contribution in [0.1, 0.15) is 34.2 Å². The molecule has 0 aliphatic carbocycles. The lowest BCUT2D eigenvalue weighted by Gasteiger charge is -2.32. The summed E-state index contributed by atoms with van der Waals surface area (Å²) < 4.78 is 36.8. The highest BCUT2D eigenvalue weighted by Gasteiger charge is 2.52. The van der Waals surface area contributed by atoms with Gasteiger partial charge in [0.25, 0.3) is 0 Å². The van der Waals surface area contributed by atoms with Crippen molar-refractivity contribution < 1.29 is 22.8 Å². The third-order valence-corrected chi connectivity index (χ3v) is 3.32. The summed E-state index contributed by atoms with van der Waals surface area (Å²) in [6.45, 7) is 4.95. The van der Waals surface area contributed by atoms with E-state index >= 15 is 0 Å². The van der Waals surface area contributed by atoms with Gasteiger partial charge in [0.05, 0.1) is 16.8 Å². The van der Waals surface area contributed by atoms with Crippen molar-refractivity contribution in [3.8, 4) is 0 Å². The molecule has 0 bridgehead atoms. The molecule has 2 rings (SSSR count). The Labute approximate surface area is 104 Å². The number of aromatic nitrogens is 2. The van der Waals surface area contributed by atoms with Gasteiger partial charge in [-0.1, -0.05) is 0 Å². The second-order valence-corrected chi connectivity index (χ2v) is 5.09. The zero-order chi connectivity index (χ0) is 12.8. The summed E-state index contributed by atoms with van der Waals surface area (Å²) in [5.74, 6) is 0. The first-order chi connectivity index (χ1) is 7.73. The van der Waals surface area contributed by atoms with E-state index in [2.05, 4.69) is 5.10 Å². The molecular formula is C10H16BF3N2O2. The van der Waals surface area contributed by atoms with Gasteiger partial charge in [0.2, 0.25) is 0 Å². The van der Waals surface area contributed by atoms with Crippen LogP contribution < -0.4 is 5.59 Å². The molecule has 1 aromatic rings. The maximum atomic E-state index is 12.4. The van der Waals surface area contributed by atoms with Crippen LogP contribution in [0.15, 0.2) is 12.3 Å². The van der Waals surface area contributed by atoms with Gasteiger partial charge < -0.3 is 9.31 Å². The molecule has 1 aromatic heterocycles. The van der Waals surface area contributed by atoms with E-state index in [0.29, 0.717) is 10.3 Å². The molecule has 0 unspecified atom stereocenters. The van der Waals surface area contributed by atoms with Gasteiger partial charge in [-0.3, -0.25) is 4.70 Å². The van der Waals surface area contributed by atoms with Gasteiger partial charge in [-0.05, 0) is 33.8 Å². The monoisotopic (exact) mass is 264 g/mol. The SMILES string of the molecule is CC1(C)OB(c2ccn(C(F)F)n2)OC1(C)C.F. The molecule has 102 valence electrons. The van der Waals surface area contributed by atoms with Gasteiger partial charge in [0, 0.05) is 6.20 Å². The molecule has 8 heteroatoms. The molecule has 18 heavy (non-hydrogen) atoms. The highest BCUT2D eigenvalue weighted by atomic mass is 19.3. The fraction of sp³-hybridized carbons (Fsp3) is 0.700. The molecular weight excluding hydrogens is 248 g/mol. The van der Waals surface area contributed by atoms with Crippen LogP contribution in [0.2, 0.25) is 0 Å². The summed E-state index contributed by atoms with van der Waals surface area (Å²) >= 11 is 0. The van der Waals surface area contributed by atoms with Crippen LogP contribution in [0.3, 0.4) is 0 Å². The molecule has 0 amide bonds. The van der Waals surface area contributed by atoms with E-state index in [1.54, 1.807) is 0 Å². The summed E-state index contributed by atoms with van der Waals surface area (Å²) in [6, 6.07) is 1.48. The second kappa shape index (κ2) is 4.58. The van der Waals surface area contributed by atoms with Crippen molar-refractivity contribution in [2.24, 2.45) is 0 Å². The number of rotatable bonds is 2. The molecule has 0 atom stereocenters. The predicted octanol–water partition coefficient (Wildman–Crippen LogP) is 1.73. The van der Waals surface area contributed by atoms with E-state index in [-0.39, 0.29) is 4.70 Å². The normalized spacial score (nSPS) is 21.2. The molecule has 4 nitrogen and oxygen atoms in total. The van der Waals surface area contributed by atoms with E-state index in [1.165, 1.54) is 12.3 Å². The zero-order valence-electron chi connectivity index (χ0n) is 10.7. The molecule has 0 aromatic carbocycles. The maximum Gasteiger partial charge on any atom is 0.516 e. The van der Waals surface area contributed by atoms with Crippen molar-refractivity contribution in [1.82, 2.24) is 9.78 Å². The molecule has 1 fully saturated rings. The Hall–Kier alpha value is -1.02. The minimum Gasteiger partial charge on any atom is -0.398 e. The van der Waals surface area contributed by atoms with Crippen molar-refractivity contribution in [2.45, 2.75) is 45.4 Å². The summed E-state index contributed by atoms with van der Waals surface area (Å²) in [7, 11) is -0.694. The summed E-state index contributed by atoms with van der Waals surface area (Å²) in [6.07, 6.45) is 1.21. The van der Waals surface area contributed by atoms with Gasteiger partial charge in [-0.2, -0.15) is 13.9 Å². The van der Waals surface area contributed by atoms with Gasteiger partial charge in [0.1, 0.15) is 0 Å². The smallest absolute Gasteiger partial charge is 0.398 e. The third-order valence-electron chi connectivity index (χ3n) is 3.32. The summed E-state index contributed by atoms with van der Waals surface area (Å²) in [5, 5.41) is 3.74. The van der Waals surface area contributed by atoms with E-state index in [1.807, 2.05) is 27.7 Å². The highest BCUT2D eigenvalue weighted by Crippen LogP contribution is 2.36. The second-order valence-electron chi connectivity index (χ2n) is 5.09. The van der Waals surface area contributed by atoms with Crippen LogP contribution >= 0.6 is 0 Å². The minimum atomic E-state index is -2.65. The fourth-order valence-electron chi connectivity index (χ4n) is 1.55. The van der Waals surface area contributed by atoms with Crippen molar-refractivity contribution in [3.05, 3.63) is 12.3 Å². The third kappa shape index (κ3) is 2.39. The van der Waals surface area contributed by atoms with Crippen molar-refractivity contribution in [3.63, 3.8) is 0 Å². The maximum absolute atomic E-state index is 12.4. The predicted molar refractivity (Wildman–Crippen MR) is 61.7 cm³/mol. The number of hydrogen-bond donors (Lipinski definition) is 0. The quantitative estimate of drug-likeness (QED) is 0.763. The Balaban J connectivity index is 0.00000162. The zero-order valence-corrected chi connectivity index (χ0v) is 10.7. The average Bonchev–Trinajstić information content (AvgIpc) is 2.70. The minimum absolute atomic E-state index is 0. The molecule has 1 aliphatic rings. The van der Waals surface area contributed by atoms with E-state index in [9.17, 15) is 8.78 Å². The largest absolute Gasteiger partial charge is 0.516 e.